The van der Waals surface area contributed by atoms with Crippen LogP contribution in [-0.4, -0.2) is 24.2 Å². The summed E-state index contributed by atoms with van der Waals surface area (Å²) in [6.45, 7) is 9.25. The maximum atomic E-state index is 11.8. The molecule has 122 valence electrons. The number of rotatable bonds is 5. The Hall–Kier alpha value is -1.55. The topological polar surface area (TPSA) is 50.4 Å². The average Bonchev–Trinajstić information content (AvgIpc) is 2.42. The lowest BCUT2D eigenvalue weighted by Gasteiger charge is -2.40. The van der Waals surface area contributed by atoms with Crippen LogP contribution in [0, 0.1) is 5.41 Å². The first-order valence-electron chi connectivity index (χ1n) is 8.08. The third kappa shape index (κ3) is 5.02. The summed E-state index contributed by atoms with van der Waals surface area (Å²) in [4.78, 5) is 11.8. The van der Waals surface area contributed by atoms with E-state index in [1.165, 1.54) is 0 Å². The van der Waals surface area contributed by atoms with E-state index in [1.54, 1.807) is 0 Å². The maximum absolute atomic E-state index is 11.8. The molecule has 0 aromatic heterocycles. The van der Waals surface area contributed by atoms with E-state index in [0.717, 1.165) is 18.4 Å². The molecular formula is C18H28N2O2. The molecule has 1 unspecified atom stereocenters. The van der Waals surface area contributed by atoms with Crippen LogP contribution in [0.3, 0.4) is 0 Å². The molecule has 0 heterocycles. The van der Waals surface area contributed by atoms with E-state index in [2.05, 4.69) is 38.3 Å². The second kappa shape index (κ2) is 7.14. The van der Waals surface area contributed by atoms with E-state index in [-0.39, 0.29) is 17.6 Å². The Bertz CT molecular complexity index is 476. The van der Waals surface area contributed by atoms with Crippen LogP contribution in [-0.2, 0) is 11.3 Å². The Morgan fingerprint density at radius 2 is 1.86 bits per heavy atom. The van der Waals surface area contributed by atoms with Gasteiger partial charge in [-0.3, -0.25) is 0 Å². The van der Waals surface area contributed by atoms with Crippen molar-refractivity contribution in [1.29, 1.82) is 0 Å². The fraction of sp³-hybridized carbons (Fsp3) is 0.611. The van der Waals surface area contributed by atoms with Gasteiger partial charge in [0.25, 0.3) is 0 Å². The molecular weight excluding hydrogens is 276 g/mol. The van der Waals surface area contributed by atoms with Crippen LogP contribution in [0.2, 0.25) is 0 Å². The molecule has 0 spiro atoms. The molecule has 1 fully saturated rings. The number of ether oxygens (including phenoxy) is 1. The lowest BCUT2D eigenvalue weighted by atomic mass is 9.82. The zero-order valence-electron chi connectivity index (χ0n) is 14.1. The highest BCUT2D eigenvalue weighted by molar-refractivity contribution is 5.67. The summed E-state index contributed by atoms with van der Waals surface area (Å²) < 4.78 is 5.23. The minimum atomic E-state index is -0.323. The Kier molecular flexibility index (Phi) is 5.46. The van der Waals surface area contributed by atoms with Gasteiger partial charge in [-0.1, -0.05) is 51.1 Å². The highest BCUT2D eigenvalue weighted by Crippen LogP contribution is 2.25. The number of amides is 1. The van der Waals surface area contributed by atoms with Crippen molar-refractivity contribution in [2.75, 3.05) is 0 Å². The first-order valence-corrected chi connectivity index (χ1v) is 8.08. The number of benzene rings is 1. The van der Waals surface area contributed by atoms with Crippen molar-refractivity contribution in [2.24, 2.45) is 5.41 Å². The largest absolute Gasteiger partial charge is 0.445 e. The first-order chi connectivity index (χ1) is 10.3. The molecule has 1 saturated carbocycles. The van der Waals surface area contributed by atoms with Crippen molar-refractivity contribution in [1.82, 2.24) is 10.6 Å². The fourth-order valence-corrected chi connectivity index (χ4v) is 2.41. The zero-order chi connectivity index (χ0) is 16.2. The van der Waals surface area contributed by atoms with Crippen LogP contribution in [0.5, 0.6) is 0 Å². The molecule has 0 radical (unpaired) electrons. The molecule has 0 aliphatic heterocycles. The van der Waals surface area contributed by atoms with Crippen LogP contribution in [0.1, 0.15) is 46.1 Å². The third-order valence-corrected chi connectivity index (χ3v) is 4.46. The monoisotopic (exact) mass is 304 g/mol. The maximum Gasteiger partial charge on any atom is 0.407 e. The highest BCUT2D eigenvalue weighted by atomic mass is 16.5. The minimum Gasteiger partial charge on any atom is -0.445 e. The van der Waals surface area contributed by atoms with Gasteiger partial charge in [0.1, 0.15) is 6.61 Å². The molecule has 1 amide bonds. The molecule has 2 N–H and O–H groups in total. The van der Waals surface area contributed by atoms with E-state index in [9.17, 15) is 4.79 Å². The van der Waals surface area contributed by atoms with Crippen molar-refractivity contribution in [2.45, 2.75) is 65.3 Å². The summed E-state index contributed by atoms with van der Waals surface area (Å²) >= 11 is 0. The summed E-state index contributed by atoms with van der Waals surface area (Å²) in [6.07, 6.45) is 1.62. The number of carbonyl (C=O) groups is 1. The Balaban J connectivity index is 1.62. The molecule has 1 atom stereocenters. The average molecular weight is 304 g/mol. The molecule has 1 aromatic rings. The smallest absolute Gasteiger partial charge is 0.407 e. The lowest BCUT2D eigenvalue weighted by Crippen LogP contribution is -2.56. The standard InChI is InChI=1S/C18H28N2O2/c1-13(18(2,3)4)19-15-10-16(11-15)20-17(21)22-12-14-8-6-5-7-9-14/h5-9,13,15-16,19H,10-12H2,1-4H3,(H,20,21). The predicted octanol–water partition coefficient (Wildman–Crippen LogP) is 3.47. The van der Waals surface area contributed by atoms with Crippen molar-refractivity contribution in [3.05, 3.63) is 35.9 Å². The molecule has 1 aliphatic carbocycles. The van der Waals surface area contributed by atoms with Gasteiger partial charge in [-0.25, -0.2) is 4.79 Å². The van der Waals surface area contributed by atoms with Crippen LogP contribution in [0.25, 0.3) is 0 Å². The van der Waals surface area contributed by atoms with Gasteiger partial charge in [-0.15, -0.1) is 0 Å². The summed E-state index contributed by atoms with van der Waals surface area (Å²) in [7, 11) is 0. The van der Waals surface area contributed by atoms with Crippen molar-refractivity contribution in [3.63, 3.8) is 0 Å². The fourth-order valence-electron chi connectivity index (χ4n) is 2.41. The van der Waals surface area contributed by atoms with E-state index >= 15 is 0 Å². The van der Waals surface area contributed by atoms with Gasteiger partial charge in [0, 0.05) is 18.1 Å². The number of nitrogens with one attached hydrogen (secondary N) is 2. The van der Waals surface area contributed by atoms with E-state index in [4.69, 9.17) is 4.74 Å². The molecule has 2 rings (SSSR count). The van der Waals surface area contributed by atoms with Crippen molar-refractivity contribution < 1.29 is 9.53 Å². The molecule has 22 heavy (non-hydrogen) atoms. The Morgan fingerprint density at radius 1 is 1.23 bits per heavy atom. The van der Waals surface area contributed by atoms with E-state index in [1.807, 2.05) is 30.3 Å². The molecule has 1 aliphatic rings. The second-order valence-corrected chi connectivity index (χ2v) is 7.33. The van der Waals surface area contributed by atoms with Gasteiger partial charge in [0.2, 0.25) is 0 Å². The SMILES string of the molecule is CC(NC1CC(NC(=O)OCc2ccccc2)C1)C(C)(C)C. The molecule has 0 saturated heterocycles. The van der Waals surface area contributed by atoms with Gasteiger partial charge >= 0.3 is 6.09 Å². The number of hydrogen-bond acceptors (Lipinski definition) is 3. The number of hydrogen-bond donors (Lipinski definition) is 2. The van der Waals surface area contributed by atoms with Gasteiger partial charge in [0.15, 0.2) is 0 Å². The summed E-state index contributed by atoms with van der Waals surface area (Å²) in [6, 6.07) is 10.9. The highest BCUT2D eigenvalue weighted by Gasteiger charge is 2.33. The molecule has 4 nitrogen and oxygen atoms in total. The van der Waals surface area contributed by atoms with Crippen molar-refractivity contribution >= 4 is 6.09 Å². The van der Waals surface area contributed by atoms with Gasteiger partial charge in [-0.2, -0.15) is 0 Å². The van der Waals surface area contributed by atoms with Crippen LogP contribution in [0.15, 0.2) is 30.3 Å². The quantitative estimate of drug-likeness (QED) is 0.876. The minimum absolute atomic E-state index is 0.230. The van der Waals surface area contributed by atoms with Crippen LogP contribution < -0.4 is 10.6 Å². The number of alkyl carbamates (subject to hydrolysis) is 1. The normalized spacial score (nSPS) is 22.5. The van der Waals surface area contributed by atoms with Crippen molar-refractivity contribution in [3.8, 4) is 0 Å². The molecule has 4 heteroatoms. The molecule has 0 bridgehead atoms. The van der Waals surface area contributed by atoms with Gasteiger partial charge < -0.3 is 15.4 Å². The summed E-state index contributed by atoms with van der Waals surface area (Å²) in [5.74, 6) is 0. The third-order valence-electron chi connectivity index (χ3n) is 4.46. The first kappa shape index (κ1) is 16.8. The van der Waals surface area contributed by atoms with Gasteiger partial charge in [0.05, 0.1) is 0 Å². The Morgan fingerprint density at radius 3 is 2.45 bits per heavy atom. The number of carbonyl (C=O) groups excluding carboxylic acids is 1. The van der Waals surface area contributed by atoms with Gasteiger partial charge in [-0.05, 0) is 30.7 Å². The summed E-state index contributed by atoms with van der Waals surface area (Å²) in [5, 5.41) is 6.55. The summed E-state index contributed by atoms with van der Waals surface area (Å²) in [5.41, 5.74) is 1.26. The zero-order valence-corrected chi connectivity index (χ0v) is 14.1. The Labute approximate surface area is 133 Å². The van der Waals surface area contributed by atoms with Crippen LogP contribution in [0.4, 0.5) is 4.79 Å². The van der Waals surface area contributed by atoms with Crippen LogP contribution >= 0.6 is 0 Å². The van der Waals surface area contributed by atoms with E-state index < -0.39 is 0 Å². The van der Waals surface area contributed by atoms with E-state index in [0.29, 0.717) is 18.7 Å². The predicted molar refractivity (Wildman–Crippen MR) is 88.6 cm³/mol. The lowest BCUT2D eigenvalue weighted by molar-refractivity contribution is 0.121. The molecule has 1 aromatic carbocycles. The second-order valence-electron chi connectivity index (χ2n) is 7.33.